The third kappa shape index (κ3) is 4.10. The number of hydrogen-bond donors (Lipinski definition) is 2. The van der Waals surface area contributed by atoms with Crippen molar-refractivity contribution in [2.24, 2.45) is 4.99 Å². The van der Waals surface area contributed by atoms with Gasteiger partial charge in [0.1, 0.15) is 6.04 Å². The van der Waals surface area contributed by atoms with E-state index in [1.807, 2.05) is 42.5 Å². The third-order valence-corrected chi connectivity index (χ3v) is 5.36. The van der Waals surface area contributed by atoms with E-state index in [1.165, 1.54) is 11.1 Å². The topological polar surface area (TPSA) is 36.4 Å². The molecule has 0 unspecified atom stereocenters. The zero-order valence-electron chi connectivity index (χ0n) is 14.6. The zero-order valence-corrected chi connectivity index (χ0v) is 16.1. The van der Waals surface area contributed by atoms with Crippen LogP contribution in [0.15, 0.2) is 83.9 Å². The van der Waals surface area contributed by atoms with Gasteiger partial charge in [-0.15, -0.1) is 0 Å². The summed E-state index contributed by atoms with van der Waals surface area (Å²) in [5, 5.41) is 8.03. The van der Waals surface area contributed by atoms with Crippen LogP contribution in [0.5, 0.6) is 0 Å². The van der Waals surface area contributed by atoms with E-state index in [-0.39, 0.29) is 12.1 Å². The van der Waals surface area contributed by atoms with Crippen LogP contribution in [0.3, 0.4) is 0 Å². The van der Waals surface area contributed by atoms with Crippen molar-refractivity contribution in [3.63, 3.8) is 0 Å². The van der Waals surface area contributed by atoms with Crippen LogP contribution in [-0.2, 0) is 6.54 Å². The Morgan fingerprint density at radius 3 is 2.15 bits per heavy atom. The first-order chi connectivity index (χ1) is 13.2. The molecule has 2 N–H and O–H groups in total. The Morgan fingerprint density at radius 1 is 0.815 bits per heavy atom. The molecule has 0 radical (unpaired) electrons. The number of halogens is 2. The molecule has 27 heavy (non-hydrogen) atoms. The van der Waals surface area contributed by atoms with Gasteiger partial charge in [-0.3, -0.25) is 0 Å². The Bertz CT molecular complexity index is 942. The van der Waals surface area contributed by atoms with Crippen LogP contribution in [0.4, 0.5) is 0 Å². The lowest BCUT2D eigenvalue weighted by Crippen LogP contribution is -2.35. The molecule has 0 spiro atoms. The van der Waals surface area contributed by atoms with Crippen molar-refractivity contribution in [1.82, 2.24) is 10.6 Å². The fraction of sp³-hybridized carbons (Fsp3) is 0.136. The summed E-state index contributed by atoms with van der Waals surface area (Å²) in [5.41, 5.74) is 3.44. The Kier molecular flexibility index (Phi) is 5.33. The second kappa shape index (κ2) is 8.03. The predicted octanol–water partition coefficient (Wildman–Crippen LogP) is 5.52. The summed E-state index contributed by atoms with van der Waals surface area (Å²) < 4.78 is 0. The Hall–Kier alpha value is -2.49. The van der Waals surface area contributed by atoms with Crippen molar-refractivity contribution in [1.29, 1.82) is 0 Å². The van der Waals surface area contributed by atoms with Gasteiger partial charge in [0.05, 0.1) is 16.1 Å². The number of rotatable bonds is 4. The van der Waals surface area contributed by atoms with Crippen molar-refractivity contribution in [3.05, 3.63) is 106 Å². The summed E-state index contributed by atoms with van der Waals surface area (Å²) in [6.45, 7) is 0.617. The Balaban J connectivity index is 1.55. The van der Waals surface area contributed by atoms with E-state index < -0.39 is 0 Å². The van der Waals surface area contributed by atoms with Crippen molar-refractivity contribution in [2.75, 3.05) is 0 Å². The molecule has 0 fully saturated rings. The van der Waals surface area contributed by atoms with Gasteiger partial charge in [-0.25, -0.2) is 4.99 Å². The number of hydrogen-bond acceptors (Lipinski definition) is 3. The van der Waals surface area contributed by atoms with Crippen LogP contribution < -0.4 is 10.6 Å². The monoisotopic (exact) mass is 395 g/mol. The first-order valence-corrected chi connectivity index (χ1v) is 9.58. The van der Waals surface area contributed by atoms with Crippen LogP contribution in [0.25, 0.3) is 0 Å². The van der Waals surface area contributed by atoms with Gasteiger partial charge in [0.25, 0.3) is 0 Å². The molecule has 3 aromatic carbocycles. The highest BCUT2D eigenvalue weighted by atomic mass is 35.5. The maximum absolute atomic E-state index is 6.11. The van der Waals surface area contributed by atoms with E-state index in [1.54, 1.807) is 0 Å². The second-order valence-electron chi connectivity index (χ2n) is 6.47. The number of benzene rings is 3. The normalized spacial score (nSPS) is 18.7. The molecule has 136 valence electrons. The van der Waals surface area contributed by atoms with Gasteiger partial charge >= 0.3 is 0 Å². The average Bonchev–Trinajstić information content (AvgIpc) is 3.15. The van der Waals surface area contributed by atoms with Gasteiger partial charge in [0.15, 0.2) is 5.96 Å². The van der Waals surface area contributed by atoms with Gasteiger partial charge in [-0.2, -0.15) is 0 Å². The largest absolute Gasteiger partial charge is 0.352 e. The maximum Gasteiger partial charge on any atom is 0.192 e. The molecule has 0 aromatic heterocycles. The number of guanidine groups is 1. The summed E-state index contributed by atoms with van der Waals surface area (Å²) in [6.07, 6.45) is 0. The molecular formula is C22H19Cl2N3. The first kappa shape index (κ1) is 17.9. The van der Waals surface area contributed by atoms with Crippen molar-refractivity contribution in [3.8, 4) is 0 Å². The summed E-state index contributed by atoms with van der Waals surface area (Å²) in [6, 6.07) is 26.5. The van der Waals surface area contributed by atoms with Gasteiger partial charge < -0.3 is 10.6 Å². The third-order valence-electron chi connectivity index (χ3n) is 4.62. The molecule has 3 nitrogen and oxygen atoms in total. The van der Waals surface area contributed by atoms with Crippen LogP contribution in [0.1, 0.15) is 28.8 Å². The quantitative estimate of drug-likeness (QED) is 0.609. The molecule has 0 amide bonds. The average molecular weight is 396 g/mol. The fourth-order valence-corrected chi connectivity index (χ4v) is 3.57. The van der Waals surface area contributed by atoms with Crippen molar-refractivity contribution >= 4 is 29.2 Å². The lowest BCUT2D eigenvalue weighted by Gasteiger charge is -2.19. The molecule has 1 heterocycles. The van der Waals surface area contributed by atoms with Crippen LogP contribution in [0, 0.1) is 0 Å². The highest BCUT2D eigenvalue weighted by molar-refractivity contribution is 6.42. The number of nitrogens with zero attached hydrogens (tertiary/aromatic N) is 1. The van der Waals surface area contributed by atoms with E-state index in [2.05, 4.69) is 47.0 Å². The van der Waals surface area contributed by atoms with E-state index in [0.717, 1.165) is 11.5 Å². The van der Waals surface area contributed by atoms with E-state index in [0.29, 0.717) is 16.6 Å². The Morgan fingerprint density at radius 2 is 1.48 bits per heavy atom. The summed E-state index contributed by atoms with van der Waals surface area (Å²) in [4.78, 5) is 4.91. The smallest absolute Gasteiger partial charge is 0.192 e. The highest BCUT2D eigenvalue weighted by Gasteiger charge is 2.31. The maximum atomic E-state index is 6.11. The van der Waals surface area contributed by atoms with Crippen LogP contribution >= 0.6 is 23.2 Å². The SMILES string of the molecule is Clc1ccc(CNC2=N[C@@H](c3ccccc3)[C@@H](c3ccccc3)N2)cc1Cl. The second-order valence-corrected chi connectivity index (χ2v) is 7.28. The minimum Gasteiger partial charge on any atom is -0.352 e. The van der Waals surface area contributed by atoms with Crippen LogP contribution in [-0.4, -0.2) is 5.96 Å². The van der Waals surface area contributed by atoms with Gasteiger partial charge in [-0.1, -0.05) is 89.9 Å². The van der Waals surface area contributed by atoms with Gasteiger partial charge in [0, 0.05) is 6.54 Å². The van der Waals surface area contributed by atoms with Gasteiger partial charge in [-0.05, 0) is 28.8 Å². The molecule has 3 aromatic rings. The molecule has 0 bridgehead atoms. The molecule has 1 aliphatic heterocycles. The van der Waals surface area contributed by atoms with E-state index in [4.69, 9.17) is 28.2 Å². The minimum atomic E-state index is 0.0184. The molecule has 0 aliphatic carbocycles. The molecule has 0 saturated heterocycles. The molecular weight excluding hydrogens is 377 g/mol. The predicted molar refractivity (Wildman–Crippen MR) is 112 cm³/mol. The van der Waals surface area contributed by atoms with E-state index in [9.17, 15) is 0 Å². The van der Waals surface area contributed by atoms with Crippen molar-refractivity contribution in [2.45, 2.75) is 18.6 Å². The number of nitrogens with one attached hydrogen (secondary N) is 2. The molecule has 2 atom stereocenters. The summed E-state index contributed by atoms with van der Waals surface area (Å²) in [7, 11) is 0. The summed E-state index contributed by atoms with van der Waals surface area (Å²) >= 11 is 12.1. The first-order valence-electron chi connectivity index (χ1n) is 8.83. The lowest BCUT2D eigenvalue weighted by atomic mass is 9.95. The minimum absolute atomic E-state index is 0.0184. The molecule has 4 rings (SSSR count). The fourth-order valence-electron chi connectivity index (χ4n) is 3.25. The number of aliphatic imine (C=N–C) groups is 1. The molecule has 0 saturated carbocycles. The van der Waals surface area contributed by atoms with Crippen molar-refractivity contribution < 1.29 is 0 Å². The van der Waals surface area contributed by atoms with Gasteiger partial charge in [0.2, 0.25) is 0 Å². The van der Waals surface area contributed by atoms with Crippen LogP contribution in [0.2, 0.25) is 10.0 Å². The standard InChI is InChI=1S/C22H19Cl2N3/c23-18-12-11-15(13-19(18)24)14-25-22-26-20(16-7-3-1-4-8-16)21(27-22)17-9-5-2-6-10-17/h1-13,20-21H,14H2,(H2,25,26,27)/t20-,21+. The molecule has 1 aliphatic rings. The molecule has 5 heteroatoms. The van der Waals surface area contributed by atoms with E-state index >= 15 is 0 Å². The zero-order chi connectivity index (χ0) is 18.6. The lowest BCUT2D eigenvalue weighted by molar-refractivity contribution is 0.570. The summed E-state index contributed by atoms with van der Waals surface area (Å²) in [5.74, 6) is 0.781. The Labute approximate surface area is 169 Å². The highest BCUT2D eigenvalue weighted by Crippen LogP contribution is 2.35.